The Kier molecular flexibility index (Phi) is 4.16. The number of rotatable bonds is 5. The van der Waals surface area contributed by atoms with Crippen LogP contribution in [0.15, 0.2) is 58.3 Å². The van der Waals surface area contributed by atoms with E-state index in [0.717, 1.165) is 33.9 Å². The van der Waals surface area contributed by atoms with Gasteiger partial charge in [0.15, 0.2) is 0 Å². The van der Waals surface area contributed by atoms with Gasteiger partial charge in [-0.05, 0) is 44.5 Å². The van der Waals surface area contributed by atoms with Gasteiger partial charge in [0.2, 0.25) is 0 Å². The van der Waals surface area contributed by atoms with Gasteiger partial charge in [0.05, 0.1) is 16.4 Å². The van der Waals surface area contributed by atoms with Gasteiger partial charge < -0.3 is 4.90 Å². The van der Waals surface area contributed by atoms with Gasteiger partial charge in [-0.25, -0.2) is 0 Å². The molecule has 2 heterocycles. The molecule has 1 saturated heterocycles. The van der Waals surface area contributed by atoms with E-state index < -0.39 is 10.6 Å². The van der Waals surface area contributed by atoms with Crippen molar-refractivity contribution in [2.24, 2.45) is 0 Å². The van der Waals surface area contributed by atoms with E-state index >= 15 is 0 Å². The molecule has 23 heavy (non-hydrogen) atoms. The first-order valence-electron chi connectivity index (χ1n) is 8.40. The Morgan fingerprint density at radius 2 is 1.48 bits per heavy atom. The average Bonchev–Trinajstić information content (AvgIpc) is 3.19. The van der Waals surface area contributed by atoms with Crippen molar-refractivity contribution in [3.63, 3.8) is 0 Å². The Hall–Kier alpha value is -1.33. The van der Waals surface area contributed by atoms with E-state index in [2.05, 4.69) is 17.0 Å². The summed E-state index contributed by atoms with van der Waals surface area (Å²) in [4.78, 5) is 4.38. The summed E-state index contributed by atoms with van der Waals surface area (Å²) < 4.78 is 17.5. The zero-order valence-electron chi connectivity index (χ0n) is 13.3. The molecule has 4 rings (SSSR count). The summed E-state index contributed by atoms with van der Waals surface area (Å²) in [5.74, 6) is 0. The first-order chi connectivity index (χ1) is 11.3. The van der Waals surface area contributed by atoms with E-state index in [1.165, 1.54) is 25.9 Å². The smallest absolute Gasteiger partial charge is 0.0735 e. The number of fused-ring (bicyclic) bond motifs is 3. The molecule has 2 aromatic rings. The second-order valence-corrected chi connectivity index (χ2v) is 8.41. The number of likely N-dealkylation sites (tertiary alicyclic amines) is 1. The molecule has 0 bridgehead atoms. The van der Waals surface area contributed by atoms with E-state index in [9.17, 15) is 4.55 Å². The predicted octanol–water partition coefficient (Wildman–Crippen LogP) is 4.78. The van der Waals surface area contributed by atoms with E-state index in [1.807, 2.05) is 36.4 Å². The first-order valence-corrected chi connectivity index (χ1v) is 9.91. The van der Waals surface area contributed by atoms with Crippen LogP contribution in [0.2, 0.25) is 0 Å². The maximum absolute atomic E-state index is 11.3. The van der Waals surface area contributed by atoms with Gasteiger partial charge in [0.1, 0.15) is 0 Å². The van der Waals surface area contributed by atoms with Crippen LogP contribution in [0.1, 0.15) is 19.3 Å². The van der Waals surface area contributed by atoms with Crippen molar-refractivity contribution in [2.45, 2.75) is 29.1 Å². The molecule has 0 aliphatic carbocycles. The molecule has 122 valence electrons. The van der Waals surface area contributed by atoms with Crippen molar-refractivity contribution in [1.82, 2.24) is 4.90 Å². The number of nitrogens with zero attached hydrogens (tertiary/aromatic N) is 1. The topological polar surface area (TPSA) is 32.7 Å². The van der Waals surface area contributed by atoms with Crippen molar-refractivity contribution in [1.29, 1.82) is 0 Å². The fourth-order valence-corrected chi connectivity index (χ4v) is 5.91. The molecule has 0 aromatic heterocycles. The number of hydrogen-bond donors (Lipinski definition) is 1. The number of benzene rings is 2. The summed E-state index contributed by atoms with van der Waals surface area (Å²) in [6, 6.07) is 16.2. The SMILES string of the molecule is OS1(OCCCN2CCCC2)c2ccccc2-c2ccccc21. The van der Waals surface area contributed by atoms with Crippen LogP contribution in [0.5, 0.6) is 0 Å². The van der Waals surface area contributed by atoms with Crippen LogP contribution < -0.4 is 0 Å². The highest BCUT2D eigenvalue weighted by Gasteiger charge is 2.35. The molecule has 1 N–H and O–H groups in total. The molecule has 2 aliphatic heterocycles. The lowest BCUT2D eigenvalue weighted by molar-refractivity contribution is 0.265. The minimum absolute atomic E-state index is 0.602. The first kappa shape index (κ1) is 15.2. The second kappa shape index (κ2) is 6.29. The van der Waals surface area contributed by atoms with Gasteiger partial charge in [-0.1, -0.05) is 36.4 Å². The highest BCUT2D eigenvalue weighted by molar-refractivity contribution is 8.25. The fourth-order valence-electron chi connectivity index (χ4n) is 3.58. The summed E-state index contributed by atoms with van der Waals surface area (Å²) in [5.41, 5.74) is 2.22. The summed E-state index contributed by atoms with van der Waals surface area (Å²) >= 11 is 0. The lowest BCUT2D eigenvalue weighted by Gasteiger charge is -2.35. The zero-order valence-corrected chi connectivity index (χ0v) is 14.1. The summed E-state index contributed by atoms with van der Waals surface area (Å²) in [5, 5.41) is 0. The minimum Gasteiger partial charge on any atom is -0.303 e. The fraction of sp³-hybridized carbons (Fsp3) is 0.368. The Bertz CT molecular complexity index is 652. The molecule has 0 unspecified atom stereocenters. The van der Waals surface area contributed by atoms with Crippen LogP contribution >= 0.6 is 10.6 Å². The van der Waals surface area contributed by atoms with Gasteiger partial charge in [0, 0.05) is 17.7 Å². The Labute approximate surface area is 139 Å². The van der Waals surface area contributed by atoms with Crippen LogP contribution in [0.4, 0.5) is 0 Å². The van der Waals surface area contributed by atoms with Gasteiger partial charge in [0.25, 0.3) is 0 Å². The van der Waals surface area contributed by atoms with Crippen LogP contribution in [0, 0.1) is 0 Å². The Morgan fingerprint density at radius 3 is 2.09 bits per heavy atom. The predicted molar refractivity (Wildman–Crippen MR) is 94.9 cm³/mol. The Balaban J connectivity index is 1.52. The zero-order chi connectivity index (χ0) is 15.7. The maximum atomic E-state index is 11.3. The Morgan fingerprint density at radius 1 is 0.913 bits per heavy atom. The minimum atomic E-state index is -2.34. The molecular formula is C19H23NO2S. The second-order valence-electron chi connectivity index (χ2n) is 6.24. The lowest BCUT2D eigenvalue weighted by Crippen LogP contribution is -2.21. The quantitative estimate of drug-likeness (QED) is 0.801. The highest BCUT2D eigenvalue weighted by atomic mass is 32.3. The van der Waals surface area contributed by atoms with Gasteiger partial charge in [-0.3, -0.25) is 8.74 Å². The molecule has 0 saturated carbocycles. The van der Waals surface area contributed by atoms with Crippen LogP contribution in [-0.2, 0) is 4.18 Å². The lowest BCUT2D eigenvalue weighted by atomic mass is 10.1. The molecule has 0 radical (unpaired) electrons. The van der Waals surface area contributed by atoms with E-state index in [-0.39, 0.29) is 0 Å². The number of hydrogen-bond acceptors (Lipinski definition) is 3. The average molecular weight is 329 g/mol. The largest absolute Gasteiger partial charge is 0.303 e. The van der Waals surface area contributed by atoms with Crippen molar-refractivity contribution in [3.8, 4) is 11.1 Å². The monoisotopic (exact) mass is 329 g/mol. The summed E-state index contributed by atoms with van der Waals surface area (Å²) in [7, 11) is -2.34. The van der Waals surface area contributed by atoms with Crippen LogP contribution in [0.25, 0.3) is 11.1 Å². The van der Waals surface area contributed by atoms with Gasteiger partial charge >= 0.3 is 0 Å². The van der Waals surface area contributed by atoms with E-state index in [0.29, 0.717) is 6.61 Å². The van der Waals surface area contributed by atoms with Crippen molar-refractivity contribution in [2.75, 3.05) is 26.2 Å². The van der Waals surface area contributed by atoms with Gasteiger partial charge in [-0.15, -0.1) is 10.6 Å². The summed E-state index contributed by atoms with van der Waals surface area (Å²) in [6.45, 7) is 4.09. The molecule has 1 fully saturated rings. The molecule has 2 aliphatic rings. The highest BCUT2D eigenvalue weighted by Crippen LogP contribution is 2.69. The summed E-state index contributed by atoms with van der Waals surface area (Å²) in [6.07, 6.45) is 3.60. The maximum Gasteiger partial charge on any atom is 0.0735 e. The van der Waals surface area contributed by atoms with Crippen LogP contribution in [-0.4, -0.2) is 35.7 Å². The molecular weight excluding hydrogens is 306 g/mol. The van der Waals surface area contributed by atoms with Crippen LogP contribution in [0.3, 0.4) is 0 Å². The van der Waals surface area contributed by atoms with Crippen molar-refractivity contribution in [3.05, 3.63) is 48.5 Å². The molecule has 0 amide bonds. The van der Waals surface area contributed by atoms with Gasteiger partial charge in [-0.2, -0.15) is 0 Å². The van der Waals surface area contributed by atoms with Crippen molar-refractivity contribution >= 4 is 10.6 Å². The molecule has 0 atom stereocenters. The molecule has 2 aromatic carbocycles. The standard InChI is InChI=1S/C19H23NO2S/c21-23(22-15-7-14-20-12-5-6-13-20)18-10-3-1-8-16(18)17-9-2-4-11-19(17)23/h1-4,8-11,21H,5-7,12-15H2. The molecule has 0 spiro atoms. The normalized spacial score (nSPS) is 20.2. The third-order valence-corrected chi connectivity index (χ3v) is 7.14. The van der Waals surface area contributed by atoms with E-state index in [1.54, 1.807) is 0 Å². The van der Waals surface area contributed by atoms with E-state index in [4.69, 9.17) is 4.18 Å². The molecule has 4 heteroatoms. The molecule has 3 nitrogen and oxygen atoms in total. The third-order valence-electron chi connectivity index (χ3n) is 4.73. The van der Waals surface area contributed by atoms with Crippen molar-refractivity contribution < 1.29 is 8.74 Å². The third kappa shape index (κ3) is 2.70.